The van der Waals surface area contributed by atoms with Gasteiger partial charge in [-0.2, -0.15) is 0 Å². The van der Waals surface area contributed by atoms with E-state index in [1.165, 1.54) is 0 Å². The van der Waals surface area contributed by atoms with Crippen LogP contribution in [0.4, 0.5) is 0 Å². The molecule has 0 aliphatic carbocycles. The van der Waals surface area contributed by atoms with Crippen LogP contribution in [0.1, 0.15) is 17.5 Å². The molecule has 2 aliphatic heterocycles. The molecule has 21 heavy (non-hydrogen) atoms. The molecule has 1 aromatic carbocycles. The van der Waals surface area contributed by atoms with Gasteiger partial charge in [0.15, 0.2) is 0 Å². The van der Waals surface area contributed by atoms with E-state index in [9.17, 15) is 4.79 Å². The van der Waals surface area contributed by atoms with Crippen LogP contribution in [0.25, 0.3) is 0 Å². The Morgan fingerprint density at radius 3 is 2.67 bits per heavy atom. The third-order valence-corrected chi connectivity index (χ3v) is 4.22. The zero-order valence-corrected chi connectivity index (χ0v) is 12.6. The summed E-state index contributed by atoms with van der Waals surface area (Å²) in [5.74, 6) is 0.0652. The van der Waals surface area contributed by atoms with Crippen molar-refractivity contribution in [3.63, 3.8) is 0 Å². The van der Waals surface area contributed by atoms with Crippen LogP contribution in [0.15, 0.2) is 29.4 Å². The molecule has 0 bridgehead atoms. The summed E-state index contributed by atoms with van der Waals surface area (Å²) in [6.07, 6.45) is 0.110. The van der Waals surface area contributed by atoms with E-state index < -0.39 is 6.10 Å². The smallest absolute Gasteiger partial charge is 0.266 e. The van der Waals surface area contributed by atoms with Gasteiger partial charge in [-0.25, -0.2) is 0 Å². The molecule has 2 aliphatic rings. The van der Waals surface area contributed by atoms with Gasteiger partial charge in [-0.1, -0.05) is 29.4 Å². The van der Waals surface area contributed by atoms with E-state index in [1.54, 1.807) is 0 Å². The van der Waals surface area contributed by atoms with Gasteiger partial charge in [0.25, 0.3) is 5.91 Å². The van der Waals surface area contributed by atoms with Crippen LogP contribution in [0.2, 0.25) is 0 Å². The fraction of sp³-hybridized carbons (Fsp3) is 0.500. The molecule has 1 aromatic rings. The highest BCUT2D eigenvalue weighted by Gasteiger charge is 2.33. The SMILES string of the molecule is Cc1ccccc1C1=NO[C@@H](C(=O)N2CCN(C)CC2)C1. The van der Waals surface area contributed by atoms with E-state index in [2.05, 4.69) is 17.1 Å². The molecule has 5 heteroatoms. The second-order valence-electron chi connectivity index (χ2n) is 5.78. The van der Waals surface area contributed by atoms with Gasteiger partial charge < -0.3 is 14.6 Å². The van der Waals surface area contributed by atoms with E-state index in [4.69, 9.17) is 4.84 Å². The molecule has 0 radical (unpaired) electrons. The van der Waals surface area contributed by atoms with E-state index in [0.29, 0.717) is 6.42 Å². The maximum atomic E-state index is 12.5. The maximum Gasteiger partial charge on any atom is 0.266 e. The Morgan fingerprint density at radius 2 is 1.95 bits per heavy atom. The summed E-state index contributed by atoms with van der Waals surface area (Å²) >= 11 is 0. The molecule has 0 N–H and O–H groups in total. The fourth-order valence-electron chi connectivity index (χ4n) is 2.80. The lowest BCUT2D eigenvalue weighted by molar-refractivity contribution is -0.143. The Balaban J connectivity index is 1.64. The highest BCUT2D eigenvalue weighted by atomic mass is 16.6. The van der Waals surface area contributed by atoms with Gasteiger partial charge in [0.2, 0.25) is 6.10 Å². The number of nitrogens with zero attached hydrogens (tertiary/aromatic N) is 3. The second-order valence-corrected chi connectivity index (χ2v) is 5.78. The van der Waals surface area contributed by atoms with Crippen LogP contribution in [-0.2, 0) is 9.63 Å². The molecular formula is C16H21N3O2. The normalized spacial score (nSPS) is 22.9. The zero-order valence-electron chi connectivity index (χ0n) is 12.6. The van der Waals surface area contributed by atoms with Crippen molar-refractivity contribution in [1.82, 2.24) is 9.80 Å². The monoisotopic (exact) mass is 287 g/mol. The van der Waals surface area contributed by atoms with Crippen molar-refractivity contribution in [3.05, 3.63) is 35.4 Å². The molecule has 5 nitrogen and oxygen atoms in total. The summed E-state index contributed by atoms with van der Waals surface area (Å²) in [6.45, 7) is 5.44. The van der Waals surface area contributed by atoms with E-state index in [-0.39, 0.29) is 5.91 Å². The molecule has 1 fully saturated rings. The van der Waals surface area contributed by atoms with Crippen LogP contribution < -0.4 is 0 Å². The van der Waals surface area contributed by atoms with Gasteiger partial charge in [0.05, 0.1) is 5.71 Å². The lowest BCUT2D eigenvalue weighted by Crippen LogP contribution is -2.50. The fourth-order valence-corrected chi connectivity index (χ4v) is 2.80. The van der Waals surface area contributed by atoms with Gasteiger partial charge in [0, 0.05) is 38.2 Å². The number of carbonyl (C=O) groups excluding carboxylic acids is 1. The lowest BCUT2D eigenvalue weighted by atomic mass is 10.00. The number of carbonyl (C=O) groups is 1. The molecule has 0 aromatic heterocycles. The molecule has 0 spiro atoms. The quantitative estimate of drug-likeness (QED) is 0.822. The van der Waals surface area contributed by atoms with Crippen LogP contribution >= 0.6 is 0 Å². The Labute approximate surface area is 125 Å². The van der Waals surface area contributed by atoms with Gasteiger partial charge in [-0.3, -0.25) is 4.79 Å². The van der Waals surface area contributed by atoms with E-state index >= 15 is 0 Å². The van der Waals surface area contributed by atoms with E-state index in [0.717, 1.165) is 43.0 Å². The summed E-state index contributed by atoms with van der Waals surface area (Å²) in [6, 6.07) is 8.07. The summed E-state index contributed by atoms with van der Waals surface area (Å²) in [4.78, 5) is 22.0. The lowest BCUT2D eigenvalue weighted by Gasteiger charge is -2.33. The predicted molar refractivity (Wildman–Crippen MR) is 81.3 cm³/mol. The molecule has 1 saturated heterocycles. The third kappa shape index (κ3) is 2.93. The highest BCUT2D eigenvalue weighted by molar-refractivity contribution is 6.05. The maximum absolute atomic E-state index is 12.5. The number of piperazine rings is 1. The molecule has 2 heterocycles. The van der Waals surface area contributed by atoms with Crippen LogP contribution in [0.5, 0.6) is 0 Å². The standard InChI is InChI=1S/C16H21N3O2/c1-12-5-3-4-6-13(12)14-11-15(21-17-14)16(20)19-9-7-18(2)8-10-19/h3-6,15H,7-11H2,1-2H3/t15-/m1/s1. The number of amides is 1. The topological polar surface area (TPSA) is 45.1 Å². The minimum absolute atomic E-state index is 0.0652. The highest BCUT2D eigenvalue weighted by Crippen LogP contribution is 2.21. The largest absolute Gasteiger partial charge is 0.382 e. The summed E-state index contributed by atoms with van der Waals surface area (Å²) < 4.78 is 0. The summed E-state index contributed by atoms with van der Waals surface area (Å²) in [5.41, 5.74) is 3.11. The molecule has 0 unspecified atom stereocenters. The molecular weight excluding hydrogens is 266 g/mol. The van der Waals surface area contributed by atoms with Crippen LogP contribution in [0.3, 0.4) is 0 Å². The van der Waals surface area contributed by atoms with Gasteiger partial charge in [-0.05, 0) is 19.5 Å². The van der Waals surface area contributed by atoms with Gasteiger partial charge in [-0.15, -0.1) is 0 Å². The summed E-state index contributed by atoms with van der Waals surface area (Å²) in [7, 11) is 2.08. The molecule has 3 rings (SSSR count). The molecule has 1 atom stereocenters. The Morgan fingerprint density at radius 1 is 1.24 bits per heavy atom. The first kappa shape index (κ1) is 14.1. The number of aryl methyl sites for hydroxylation is 1. The number of likely N-dealkylation sites (N-methyl/N-ethyl adjacent to an activating group) is 1. The Bertz CT molecular complexity index is 562. The van der Waals surface area contributed by atoms with Crippen molar-refractivity contribution in [2.24, 2.45) is 5.16 Å². The first-order valence-corrected chi connectivity index (χ1v) is 7.41. The van der Waals surface area contributed by atoms with Crippen molar-refractivity contribution in [2.45, 2.75) is 19.4 Å². The Kier molecular flexibility index (Phi) is 3.92. The minimum atomic E-state index is -0.456. The van der Waals surface area contributed by atoms with Gasteiger partial charge >= 0.3 is 0 Å². The number of benzene rings is 1. The van der Waals surface area contributed by atoms with Crippen molar-refractivity contribution in [1.29, 1.82) is 0 Å². The first-order valence-electron chi connectivity index (χ1n) is 7.41. The molecule has 1 amide bonds. The van der Waals surface area contributed by atoms with Gasteiger partial charge in [0.1, 0.15) is 0 Å². The van der Waals surface area contributed by atoms with E-state index in [1.807, 2.05) is 36.1 Å². The first-order chi connectivity index (χ1) is 10.1. The molecule has 112 valence electrons. The third-order valence-electron chi connectivity index (χ3n) is 4.22. The van der Waals surface area contributed by atoms with Crippen molar-refractivity contribution >= 4 is 11.6 Å². The minimum Gasteiger partial charge on any atom is -0.382 e. The van der Waals surface area contributed by atoms with Crippen molar-refractivity contribution in [2.75, 3.05) is 33.2 Å². The van der Waals surface area contributed by atoms with Crippen LogP contribution in [0, 0.1) is 6.92 Å². The predicted octanol–water partition coefficient (Wildman–Crippen LogP) is 1.26. The molecule has 0 saturated carbocycles. The number of hydrogen-bond donors (Lipinski definition) is 0. The van der Waals surface area contributed by atoms with Crippen molar-refractivity contribution in [3.8, 4) is 0 Å². The van der Waals surface area contributed by atoms with Crippen molar-refractivity contribution < 1.29 is 9.63 Å². The number of rotatable bonds is 2. The zero-order chi connectivity index (χ0) is 14.8. The Hall–Kier alpha value is -1.88. The van der Waals surface area contributed by atoms with Crippen LogP contribution in [-0.4, -0.2) is 60.7 Å². The average Bonchev–Trinajstić information content (AvgIpc) is 2.97. The number of hydrogen-bond acceptors (Lipinski definition) is 4. The second kappa shape index (κ2) is 5.85. The number of oxime groups is 1. The summed E-state index contributed by atoms with van der Waals surface area (Å²) in [5, 5.41) is 4.14. The average molecular weight is 287 g/mol.